The lowest BCUT2D eigenvalue weighted by Gasteiger charge is -1.86. The van der Waals surface area contributed by atoms with E-state index >= 15 is 0 Å². The SMILES string of the molecule is C=C/C=C\C(=C/C=C)[N+](=O)[O-].CC. The van der Waals surface area contributed by atoms with E-state index in [9.17, 15) is 10.1 Å². The topological polar surface area (TPSA) is 43.1 Å². The van der Waals surface area contributed by atoms with Crippen molar-refractivity contribution >= 4 is 0 Å². The molecule has 0 fully saturated rings. The Morgan fingerprint density at radius 1 is 1.31 bits per heavy atom. The summed E-state index contributed by atoms with van der Waals surface area (Å²) in [6.07, 6.45) is 7.01. The van der Waals surface area contributed by atoms with E-state index in [0.29, 0.717) is 0 Å². The Labute approximate surface area is 78.9 Å². The van der Waals surface area contributed by atoms with Gasteiger partial charge in [-0.05, 0) is 0 Å². The van der Waals surface area contributed by atoms with E-state index in [2.05, 4.69) is 13.2 Å². The molecule has 3 nitrogen and oxygen atoms in total. The monoisotopic (exact) mass is 181 g/mol. The summed E-state index contributed by atoms with van der Waals surface area (Å²) in [6, 6.07) is 0. The minimum atomic E-state index is -0.484. The third kappa shape index (κ3) is 8.26. The fourth-order valence-electron chi connectivity index (χ4n) is 0.465. The van der Waals surface area contributed by atoms with Crippen molar-refractivity contribution in [3.8, 4) is 0 Å². The maximum atomic E-state index is 10.2. The molecule has 0 aromatic heterocycles. The zero-order valence-electron chi connectivity index (χ0n) is 8.06. The van der Waals surface area contributed by atoms with Crippen LogP contribution in [0.2, 0.25) is 0 Å². The van der Waals surface area contributed by atoms with Gasteiger partial charge in [0.2, 0.25) is 0 Å². The summed E-state index contributed by atoms with van der Waals surface area (Å²) in [5, 5.41) is 10.2. The summed E-state index contributed by atoms with van der Waals surface area (Å²) in [4.78, 5) is 9.71. The van der Waals surface area contributed by atoms with Gasteiger partial charge in [-0.15, -0.1) is 0 Å². The molecule has 0 spiro atoms. The molecule has 0 N–H and O–H groups in total. The molecule has 72 valence electrons. The molecule has 0 saturated heterocycles. The highest BCUT2D eigenvalue weighted by molar-refractivity contribution is 5.18. The van der Waals surface area contributed by atoms with Gasteiger partial charge in [0, 0.05) is 12.2 Å². The van der Waals surface area contributed by atoms with Gasteiger partial charge in [-0.1, -0.05) is 45.2 Å². The van der Waals surface area contributed by atoms with E-state index in [-0.39, 0.29) is 5.70 Å². The van der Waals surface area contributed by atoms with E-state index in [1.807, 2.05) is 13.8 Å². The molecule has 0 heterocycles. The summed E-state index contributed by atoms with van der Waals surface area (Å²) in [7, 11) is 0. The molecular formula is C10H15NO2. The van der Waals surface area contributed by atoms with Crippen LogP contribution in [-0.4, -0.2) is 4.92 Å². The molecule has 3 heteroatoms. The Bertz CT molecular complexity index is 227. The van der Waals surface area contributed by atoms with E-state index in [1.165, 1.54) is 30.4 Å². The zero-order valence-corrected chi connectivity index (χ0v) is 8.06. The lowest BCUT2D eigenvalue weighted by Crippen LogP contribution is -1.93. The lowest BCUT2D eigenvalue weighted by molar-refractivity contribution is -0.419. The maximum absolute atomic E-state index is 10.2. The Morgan fingerprint density at radius 2 is 1.85 bits per heavy atom. The van der Waals surface area contributed by atoms with Crippen LogP contribution in [0.5, 0.6) is 0 Å². The second-order valence-electron chi connectivity index (χ2n) is 1.68. The number of nitrogens with zero attached hydrogens (tertiary/aromatic N) is 1. The van der Waals surface area contributed by atoms with Crippen molar-refractivity contribution < 1.29 is 4.92 Å². The molecule has 0 aromatic carbocycles. The van der Waals surface area contributed by atoms with E-state index in [4.69, 9.17) is 0 Å². The molecule has 0 bridgehead atoms. The quantitative estimate of drug-likeness (QED) is 0.380. The van der Waals surface area contributed by atoms with Gasteiger partial charge in [-0.25, -0.2) is 0 Å². The highest BCUT2D eigenvalue weighted by atomic mass is 16.6. The number of hydrogen-bond acceptors (Lipinski definition) is 2. The van der Waals surface area contributed by atoms with Gasteiger partial charge in [0.1, 0.15) is 0 Å². The van der Waals surface area contributed by atoms with Gasteiger partial charge in [-0.2, -0.15) is 0 Å². The first-order chi connectivity index (χ1) is 6.22. The summed E-state index contributed by atoms with van der Waals surface area (Å²) in [5.41, 5.74) is -0.0000926. The van der Waals surface area contributed by atoms with Crippen molar-refractivity contribution in [2.75, 3.05) is 0 Å². The highest BCUT2D eigenvalue weighted by Gasteiger charge is 2.01. The molecule has 0 aliphatic heterocycles. The number of rotatable bonds is 4. The van der Waals surface area contributed by atoms with Crippen LogP contribution in [0, 0.1) is 10.1 Å². The van der Waals surface area contributed by atoms with Crippen molar-refractivity contribution in [3.63, 3.8) is 0 Å². The summed E-state index contributed by atoms with van der Waals surface area (Å²) in [5.74, 6) is 0. The first-order valence-electron chi connectivity index (χ1n) is 3.98. The Hall–Kier alpha value is -1.64. The molecule has 0 unspecified atom stereocenters. The summed E-state index contributed by atoms with van der Waals surface area (Å²) >= 11 is 0. The van der Waals surface area contributed by atoms with Crippen LogP contribution in [-0.2, 0) is 0 Å². The van der Waals surface area contributed by atoms with Crippen LogP contribution in [0.3, 0.4) is 0 Å². The van der Waals surface area contributed by atoms with Gasteiger partial charge >= 0.3 is 0 Å². The first kappa shape index (κ1) is 13.9. The van der Waals surface area contributed by atoms with Crippen LogP contribution >= 0.6 is 0 Å². The van der Waals surface area contributed by atoms with Crippen molar-refractivity contribution in [3.05, 3.63) is 59.3 Å². The van der Waals surface area contributed by atoms with Crippen LogP contribution in [0.4, 0.5) is 0 Å². The van der Waals surface area contributed by atoms with Crippen LogP contribution < -0.4 is 0 Å². The number of allylic oxidation sites excluding steroid dienone is 5. The third-order valence-electron chi connectivity index (χ3n) is 0.902. The molecule has 13 heavy (non-hydrogen) atoms. The first-order valence-corrected chi connectivity index (χ1v) is 3.98. The molecule has 0 atom stereocenters. The van der Waals surface area contributed by atoms with E-state index in [0.717, 1.165) is 0 Å². The molecular weight excluding hydrogens is 166 g/mol. The predicted octanol–water partition coefficient (Wildman–Crippen LogP) is 3.10. The number of nitro groups is 1. The van der Waals surface area contributed by atoms with Gasteiger partial charge in [-0.3, -0.25) is 10.1 Å². The Morgan fingerprint density at radius 3 is 2.15 bits per heavy atom. The van der Waals surface area contributed by atoms with Crippen LogP contribution in [0.1, 0.15) is 13.8 Å². The van der Waals surface area contributed by atoms with Crippen molar-refractivity contribution in [1.29, 1.82) is 0 Å². The van der Waals surface area contributed by atoms with Crippen molar-refractivity contribution in [2.45, 2.75) is 13.8 Å². The molecule has 0 amide bonds. The molecule has 0 radical (unpaired) electrons. The summed E-state index contributed by atoms with van der Waals surface area (Å²) < 4.78 is 0. The maximum Gasteiger partial charge on any atom is 0.269 e. The second-order valence-corrected chi connectivity index (χ2v) is 1.68. The minimum absolute atomic E-state index is 0.0000926. The summed E-state index contributed by atoms with van der Waals surface area (Å²) in [6.45, 7) is 10.7. The third-order valence-corrected chi connectivity index (χ3v) is 0.902. The average molecular weight is 181 g/mol. The van der Waals surface area contributed by atoms with Gasteiger partial charge in [0.15, 0.2) is 0 Å². The molecule has 0 aromatic rings. The van der Waals surface area contributed by atoms with Crippen LogP contribution in [0.15, 0.2) is 49.2 Å². The van der Waals surface area contributed by atoms with Gasteiger partial charge in [0.25, 0.3) is 5.70 Å². The largest absolute Gasteiger partial charge is 0.269 e. The normalized spacial score (nSPS) is 10.2. The molecule has 0 aliphatic rings. The fraction of sp³-hybridized carbons (Fsp3) is 0.200. The number of hydrogen-bond donors (Lipinski definition) is 0. The van der Waals surface area contributed by atoms with E-state index < -0.39 is 4.92 Å². The molecule has 0 saturated carbocycles. The Balaban J connectivity index is 0. The van der Waals surface area contributed by atoms with Gasteiger partial charge in [0.05, 0.1) is 4.92 Å². The minimum Gasteiger partial charge on any atom is -0.258 e. The molecule has 0 aliphatic carbocycles. The zero-order chi connectivity index (χ0) is 10.7. The highest BCUT2D eigenvalue weighted by Crippen LogP contribution is 1.97. The standard InChI is InChI=1S/C8H9NO2.C2H6/c1-3-5-7-8(6-4-2)9(10)11;1-2/h3-7H,1-2H2;1-2H3/b7-5-,8-6+;. The fourth-order valence-corrected chi connectivity index (χ4v) is 0.465. The smallest absolute Gasteiger partial charge is 0.258 e. The van der Waals surface area contributed by atoms with Gasteiger partial charge < -0.3 is 0 Å². The average Bonchev–Trinajstić information content (AvgIpc) is 2.15. The second kappa shape index (κ2) is 10.4. The Kier molecular flexibility index (Phi) is 11.1. The van der Waals surface area contributed by atoms with E-state index in [1.54, 1.807) is 0 Å². The lowest BCUT2D eigenvalue weighted by atomic mass is 10.3. The molecule has 0 rings (SSSR count). The van der Waals surface area contributed by atoms with Crippen LogP contribution in [0.25, 0.3) is 0 Å². The van der Waals surface area contributed by atoms with Crippen molar-refractivity contribution in [2.24, 2.45) is 0 Å². The predicted molar refractivity (Wildman–Crippen MR) is 56.0 cm³/mol. The van der Waals surface area contributed by atoms with Crippen molar-refractivity contribution in [1.82, 2.24) is 0 Å².